The minimum absolute atomic E-state index is 0.420. The minimum atomic E-state index is 0.420. The van der Waals surface area contributed by atoms with Crippen molar-refractivity contribution in [3.8, 4) is 11.2 Å². The van der Waals surface area contributed by atoms with Gasteiger partial charge in [-0.25, -0.2) is 0 Å². The number of thioether (sulfide) groups is 1. The molecule has 0 atom stereocenters. The summed E-state index contributed by atoms with van der Waals surface area (Å²) in [5, 5.41) is 10.8. The molecule has 0 aliphatic carbocycles. The highest BCUT2D eigenvalue weighted by Crippen LogP contribution is 2.34. The molecule has 0 saturated heterocycles. The van der Waals surface area contributed by atoms with E-state index in [9.17, 15) is 0 Å². The molecule has 0 bridgehead atoms. The van der Waals surface area contributed by atoms with Gasteiger partial charge < -0.3 is 16.2 Å². The molecule has 2 rings (SSSR count). The molecule has 4 nitrogen and oxygen atoms in total. The van der Waals surface area contributed by atoms with Gasteiger partial charge in [-0.15, -0.1) is 0 Å². The molecule has 0 amide bonds. The number of hydrogen-bond acceptors (Lipinski definition) is 5. The SMILES string of the molecule is N#CSc1cc(N)c(N)cc1OCc1ccccc1. The highest BCUT2D eigenvalue weighted by Gasteiger charge is 2.08. The van der Waals surface area contributed by atoms with Gasteiger partial charge in [0.05, 0.1) is 16.3 Å². The molecule has 2 aromatic rings. The third-order valence-corrected chi connectivity index (χ3v) is 3.17. The van der Waals surface area contributed by atoms with Crippen molar-refractivity contribution in [1.82, 2.24) is 0 Å². The summed E-state index contributed by atoms with van der Waals surface area (Å²) < 4.78 is 5.70. The van der Waals surface area contributed by atoms with Crippen molar-refractivity contribution in [1.29, 1.82) is 5.26 Å². The lowest BCUT2D eigenvalue weighted by Crippen LogP contribution is -2.00. The predicted octanol–water partition coefficient (Wildman–Crippen LogP) is 3.00. The van der Waals surface area contributed by atoms with Gasteiger partial charge in [-0.3, -0.25) is 0 Å². The van der Waals surface area contributed by atoms with E-state index in [4.69, 9.17) is 21.5 Å². The van der Waals surface area contributed by atoms with E-state index in [1.807, 2.05) is 35.7 Å². The van der Waals surface area contributed by atoms with Crippen molar-refractivity contribution in [3.63, 3.8) is 0 Å². The zero-order valence-electron chi connectivity index (χ0n) is 10.2. The Balaban J connectivity index is 2.19. The molecule has 0 spiro atoms. The summed E-state index contributed by atoms with van der Waals surface area (Å²) in [6.45, 7) is 0.420. The second-order valence-corrected chi connectivity index (χ2v) is 4.72. The Morgan fingerprint density at radius 2 is 1.79 bits per heavy atom. The predicted molar refractivity (Wildman–Crippen MR) is 77.5 cm³/mol. The summed E-state index contributed by atoms with van der Waals surface area (Å²) in [6, 6.07) is 13.1. The Morgan fingerprint density at radius 3 is 2.47 bits per heavy atom. The average Bonchev–Trinajstić information content (AvgIpc) is 2.42. The van der Waals surface area contributed by atoms with Crippen molar-refractivity contribution >= 4 is 23.1 Å². The summed E-state index contributed by atoms with van der Waals surface area (Å²) in [5.74, 6) is 0.571. The monoisotopic (exact) mass is 271 g/mol. The van der Waals surface area contributed by atoms with Crippen molar-refractivity contribution in [2.75, 3.05) is 11.5 Å². The van der Waals surface area contributed by atoms with Crippen LogP contribution in [0.5, 0.6) is 5.75 Å². The molecule has 0 saturated carbocycles. The zero-order valence-corrected chi connectivity index (χ0v) is 11.0. The van der Waals surface area contributed by atoms with Crippen LogP contribution in [0.4, 0.5) is 11.4 Å². The maximum Gasteiger partial charge on any atom is 0.138 e. The number of nitriles is 1. The van der Waals surface area contributed by atoms with Crippen LogP contribution in [-0.4, -0.2) is 0 Å². The van der Waals surface area contributed by atoms with E-state index in [2.05, 4.69) is 0 Å². The van der Waals surface area contributed by atoms with E-state index >= 15 is 0 Å². The lowest BCUT2D eigenvalue weighted by molar-refractivity contribution is 0.299. The van der Waals surface area contributed by atoms with Gasteiger partial charge in [0.2, 0.25) is 0 Å². The fourth-order valence-electron chi connectivity index (χ4n) is 1.57. The van der Waals surface area contributed by atoms with Crippen LogP contribution in [0.25, 0.3) is 0 Å². The van der Waals surface area contributed by atoms with Gasteiger partial charge in [0.15, 0.2) is 0 Å². The second-order valence-electron chi connectivity index (χ2n) is 3.90. The normalized spacial score (nSPS) is 9.84. The molecule has 0 heterocycles. The topological polar surface area (TPSA) is 85.1 Å². The van der Waals surface area contributed by atoms with Gasteiger partial charge in [0.1, 0.15) is 17.8 Å². The van der Waals surface area contributed by atoms with Gasteiger partial charge in [-0.2, -0.15) is 5.26 Å². The number of nitrogens with two attached hydrogens (primary N) is 2. The van der Waals surface area contributed by atoms with E-state index < -0.39 is 0 Å². The standard InChI is InChI=1S/C14H13N3OS/c15-9-19-14-7-12(17)11(16)6-13(14)18-8-10-4-2-1-3-5-10/h1-7H,8,16-17H2. The van der Waals surface area contributed by atoms with Crippen LogP contribution >= 0.6 is 11.8 Å². The first-order valence-electron chi connectivity index (χ1n) is 5.62. The average molecular weight is 271 g/mol. The van der Waals surface area contributed by atoms with Gasteiger partial charge in [0.25, 0.3) is 0 Å². The zero-order chi connectivity index (χ0) is 13.7. The number of nitrogens with zero attached hydrogens (tertiary/aromatic N) is 1. The van der Waals surface area contributed by atoms with E-state index in [0.717, 1.165) is 17.3 Å². The van der Waals surface area contributed by atoms with E-state index in [0.29, 0.717) is 28.6 Å². The lowest BCUT2D eigenvalue weighted by Gasteiger charge is -2.11. The summed E-state index contributed by atoms with van der Waals surface area (Å²) >= 11 is 1.00. The number of anilines is 2. The minimum Gasteiger partial charge on any atom is -0.488 e. The fraction of sp³-hybridized carbons (Fsp3) is 0.0714. The van der Waals surface area contributed by atoms with E-state index in [-0.39, 0.29) is 0 Å². The highest BCUT2D eigenvalue weighted by molar-refractivity contribution is 8.03. The van der Waals surface area contributed by atoms with Gasteiger partial charge in [-0.1, -0.05) is 30.3 Å². The summed E-state index contributed by atoms with van der Waals surface area (Å²) in [7, 11) is 0. The number of thiocyanates is 1. The third-order valence-electron chi connectivity index (χ3n) is 2.54. The van der Waals surface area contributed by atoms with Gasteiger partial charge in [0, 0.05) is 6.07 Å². The molecule has 96 valence electrons. The summed E-state index contributed by atoms with van der Waals surface area (Å²) in [6.07, 6.45) is 0. The quantitative estimate of drug-likeness (QED) is 0.507. The molecule has 0 aromatic heterocycles. The van der Waals surface area contributed by atoms with Crippen molar-refractivity contribution < 1.29 is 4.74 Å². The summed E-state index contributed by atoms with van der Waals surface area (Å²) in [4.78, 5) is 0.671. The Kier molecular flexibility index (Phi) is 4.16. The largest absolute Gasteiger partial charge is 0.488 e. The van der Waals surface area contributed by atoms with Gasteiger partial charge >= 0.3 is 0 Å². The fourth-order valence-corrected chi connectivity index (χ4v) is 2.07. The number of nitrogen functional groups attached to an aromatic ring is 2. The van der Waals surface area contributed by atoms with Crippen molar-refractivity contribution in [3.05, 3.63) is 48.0 Å². The van der Waals surface area contributed by atoms with E-state index in [1.165, 1.54) is 0 Å². The molecule has 0 aliphatic rings. The molecule has 2 aromatic carbocycles. The highest BCUT2D eigenvalue weighted by atomic mass is 32.2. The van der Waals surface area contributed by atoms with Crippen molar-refractivity contribution in [2.45, 2.75) is 11.5 Å². The first kappa shape index (κ1) is 13.1. The molecule has 19 heavy (non-hydrogen) atoms. The Bertz CT molecular complexity index is 608. The van der Waals surface area contributed by atoms with Crippen LogP contribution in [0.2, 0.25) is 0 Å². The number of rotatable bonds is 4. The molecule has 4 N–H and O–H groups in total. The van der Waals surface area contributed by atoms with Crippen LogP contribution < -0.4 is 16.2 Å². The third kappa shape index (κ3) is 3.33. The molecule has 0 aliphatic heterocycles. The Morgan fingerprint density at radius 1 is 1.11 bits per heavy atom. The van der Waals surface area contributed by atoms with Crippen LogP contribution in [0.15, 0.2) is 47.4 Å². The molecular formula is C14H13N3OS. The molecular weight excluding hydrogens is 258 g/mol. The molecule has 5 heteroatoms. The number of ether oxygens (including phenoxy) is 1. The maximum absolute atomic E-state index is 8.77. The van der Waals surface area contributed by atoms with Crippen LogP contribution in [0.3, 0.4) is 0 Å². The smallest absolute Gasteiger partial charge is 0.138 e. The molecule has 0 unspecified atom stereocenters. The maximum atomic E-state index is 8.77. The molecule has 0 fully saturated rings. The number of hydrogen-bond donors (Lipinski definition) is 2. The Hall–Kier alpha value is -2.32. The molecule has 0 radical (unpaired) electrons. The van der Waals surface area contributed by atoms with Gasteiger partial charge in [-0.05, 0) is 23.4 Å². The first-order valence-corrected chi connectivity index (χ1v) is 6.44. The van der Waals surface area contributed by atoms with Crippen molar-refractivity contribution in [2.24, 2.45) is 0 Å². The lowest BCUT2D eigenvalue weighted by atomic mass is 10.2. The second kappa shape index (κ2) is 6.03. The van der Waals surface area contributed by atoms with Crippen LogP contribution in [0, 0.1) is 10.7 Å². The first-order chi connectivity index (χ1) is 9.20. The summed E-state index contributed by atoms with van der Waals surface area (Å²) in [5.41, 5.74) is 13.4. The number of benzene rings is 2. The van der Waals surface area contributed by atoms with Crippen LogP contribution in [-0.2, 0) is 6.61 Å². The Labute approximate surface area is 116 Å². The van der Waals surface area contributed by atoms with E-state index in [1.54, 1.807) is 12.1 Å². The van der Waals surface area contributed by atoms with Crippen LogP contribution in [0.1, 0.15) is 5.56 Å².